The molecule has 0 saturated heterocycles. The van der Waals surface area contributed by atoms with Gasteiger partial charge >= 0.3 is 0 Å². The van der Waals surface area contributed by atoms with Gasteiger partial charge in [-0.2, -0.15) is 0 Å². The van der Waals surface area contributed by atoms with E-state index in [0.717, 1.165) is 11.4 Å². The molecule has 2 N–H and O–H groups in total. The Morgan fingerprint density at radius 3 is 2.24 bits per heavy atom. The van der Waals surface area contributed by atoms with Crippen molar-refractivity contribution in [2.45, 2.75) is 45.1 Å². The van der Waals surface area contributed by atoms with E-state index in [1.54, 1.807) is 0 Å². The fraction of sp³-hybridized carbons (Fsp3) is 0.412. The molecular weight excluding hydrogens is 276 g/mol. The predicted molar refractivity (Wildman–Crippen MR) is 93.0 cm³/mol. The molecular formula is C17H26N2OSi. The highest BCUT2D eigenvalue weighted by Crippen LogP contribution is 2.37. The maximum absolute atomic E-state index is 6.29. The van der Waals surface area contributed by atoms with Crippen molar-refractivity contribution >= 4 is 14.0 Å². The Hall–Kier alpha value is -1.52. The zero-order chi connectivity index (χ0) is 15.7. The maximum atomic E-state index is 6.29. The zero-order valence-corrected chi connectivity index (χ0v) is 14.6. The standard InChI is InChI=1S/C17H26N2OSi/c1-17(2,3)21(4,5)20-15-11-9-14(10-12-15)19-13-7-6-8-16(19)18/h6-13,16H,18H2,1-5H3. The molecule has 1 heterocycles. The monoisotopic (exact) mass is 302 g/mol. The molecule has 0 radical (unpaired) electrons. The van der Waals surface area contributed by atoms with Crippen molar-refractivity contribution in [2.75, 3.05) is 4.90 Å². The molecule has 4 heteroatoms. The van der Waals surface area contributed by atoms with Crippen LogP contribution in [0, 0.1) is 0 Å². The summed E-state index contributed by atoms with van der Waals surface area (Å²) in [6.45, 7) is 11.3. The van der Waals surface area contributed by atoms with Gasteiger partial charge in [-0.1, -0.05) is 26.8 Å². The summed E-state index contributed by atoms with van der Waals surface area (Å²) in [4.78, 5) is 2.04. The van der Waals surface area contributed by atoms with Crippen LogP contribution in [0.3, 0.4) is 0 Å². The van der Waals surface area contributed by atoms with E-state index < -0.39 is 8.32 Å². The van der Waals surface area contributed by atoms with Gasteiger partial charge in [0.15, 0.2) is 0 Å². The van der Waals surface area contributed by atoms with Crippen molar-refractivity contribution in [3.8, 4) is 5.75 Å². The molecule has 1 unspecified atom stereocenters. The minimum atomic E-state index is -1.78. The van der Waals surface area contributed by atoms with E-state index in [4.69, 9.17) is 10.2 Å². The van der Waals surface area contributed by atoms with Gasteiger partial charge in [-0.3, -0.25) is 0 Å². The summed E-state index contributed by atoms with van der Waals surface area (Å²) in [5.41, 5.74) is 7.15. The highest BCUT2D eigenvalue weighted by molar-refractivity contribution is 6.74. The maximum Gasteiger partial charge on any atom is 0.250 e. The molecule has 0 aliphatic carbocycles. The minimum absolute atomic E-state index is 0.109. The molecule has 2 rings (SSSR count). The normalized spacial score (nSPS) is 19.0. The topological polar surface area (TPSA) is 38.5 Å². The third-order valence-electron chi connectivity index (χ3n) is 4.30. The van der Waals surface area contributed by atoms with E-state index in [2.05, 4.69) is 46.0 Å². The largest absolute Gasteiger partial charge is 0.544 e. The van der Waals surface area contributed by atoms with Gasteiger partial charge in [0.05, 0.1) is 0 Å². The van der Waals surface area contributed by atoms with Crippen molar-refractivity contribution in [3.05, 3.63) is 48.7 Å². The van der Waals surface area contributed by atoms with Crippen molar-refractivity contribution < 1.29 is 4.43 Å². The molecule has 0 bridgehead atoms. The Kier molecular flexibility index (Phi) is 4.30. The molecule has 0 spiro atoms. The van der Waals surface area contributed by atoms with Gasteiger partial charge in [0.2, 0.25) is 8.32 Å². The van der Waals surface area contributed by atoms with Crippen LogP contribution in [0.1, 0.15) is 20.8 Å². The highest BCUT2D eigenvalue weighted by atomic mass is 28.4. The van der Waals surface area contributed by atoms with Crippen molar-refractivity contribution in [3.63, 3.8) is 0 Å². The molecule has 114 valence electrons. The Morgan fingerprint density at radius 2 is 1.71 bits per heavy atom. The van der Waals surface area contributed by atoms with Gasteiger partial charge in [0.1, 0.15) is 11.9 Å². The number of benzene rings is 1. The fourth-order valence-corrected chi connectivity index (χ4v) is 2.94. The number of hydrogen-bond donors (Lipinski definition) is 1. The van der Waals surface area contributed by atoms with Crippen molar-refractivity contribution in [2.24, 2.45) is 5.73 Å². The number of nitrogens with zero attached hydrogens (tertiary/aromatic N) is 1. The molecule has 0 amide bonds. The van der Waals surface area contributed by atoms with Gasteiger partial charge in [0, 0.05) is 11.9 Å². The highest BCUT2D eigenvalue weighted by Gasteiger charge is 2.38. The van der Waals surface area contributed by atoms with Crippen LogP contribution in [-0.2, 0) is 0 Å². The first-order valence-corrected chi connectivity index (χ1v) is 10.3. The number of anilines is 1. The second kappa shape index (κ2) is 5.70. The first-order chi connectivity index (χ1) is 9.71. The van der Waals surface area contributed by atoms with Crippen molar-refractivity contribution in [1.29, 1.82) is 0 Å². The van der Waals surface area contributed by atoms with Crippen LogP contribution >= 0.6 is 0 Å². The van der Waals surface area contributed by atoms with E-state index >= 15 is 0 Å². The predicted octanol–water partition coefficient (Wildman–Crippen LogP) is 4.25. The van der Waals surface area contributed by atoms with Crippen LogP contribution < -0.4 is 15.1 Å². The SMILES string of the molecule is CC(C)(C)[Si](C)(C)Oc1ccc(N2C=CC=CC2N)cc1. The Labute approximate surface area is 129 Å². The number of hydrogen-bond acceptors (Lipinski definition) is 3. The van der Waals surface area contributed by atoms with Crippen LogP contribution in [0.2, 0.25) is 18.1 Å². The van der Waals surface area contributed by atoms with E-state index in [9.17, 15) is 0 Å². The van der Waals surface area contributed by atoms with E-state index in [-0.39, 0.29) is 11.2 Å². The van der Waals surface area contributed by atoms with Gasteiger partial charge in [-0.25, -0.2) is 0 Å². The Balaban J connectivity index is 2.13. The summed E-state index contributed by atoms with van der Waals surface area (Å²) in [6.07, 6.45) is 7.82. The molecule has 1 aromatic rings. The van der Waals surface area contributed by atoms with Gasteiger partial charge in [0.25, 0.3) is 0 Å². The third kappa shape index (κ3) is 3.57. The summed E-state index contributed by atoms with van der Waals surface area (Å²) in [5, 5.41) is 0.203. The Morgan fingerprint density at radius 1 is 1.10 bits per heavy atom. The van der Waals surface area contributed by atoms with Gasteiger partial charge in [-0.15, -0.1) is 0 Å². The van der Waals surface area contributed by atoms with E-state index in [1.807, 2.05) is 41.5 Å². The molecule has 1 atom stereocenters. The molecule has 1 aromatic carbocycles. The van der Waals surface area contributed by atoms with Gasteiger partial charge < -0.3 is 15.1 Å². The summed E-state index contributed by atoms with van der Waals surface area (Å²) in [5.74, 6) is 0.940. The Bertz CT molecular complexity index is 541. The summed E-state index contributed by atoms with van der Waals surface area (Å²) < 4.78 is 6.29. The zero-order valence-electron chi connectivity index (χ0n) is 13.6. The lowest BCUT2D eigenvalue weighted by molar-refractivity contribution is 0.492. The number of nitrogens with two attached hydrogens (primary N) is 1. The van der Waals surface area contributed by atoms with Crippen LogP contribution in [0.5, 0.6) is 5.75 Å². The second-order valence-electron chi connectivity index (χ2n) is 6.98. The summed E-state index contributed by atoms with van der Waals surface area (Å²) in [7, 11) is -1.78. The van der Waals surface area contributed by atoms with E-state index in [1.165, 1.54) is 0 Å². The average molecular weight is 302 g/mol. The van der Waals surface area contributed by atoms with Crippen LogP contribution in [0.15, 0.2) is 48.7 Å². The smallest absolute Gasteiger partial charge is 0.250 e. The lowest BCUT2D eigenvalue weighted by atomic mass is 10.2. The first kappa shape index (κ1) is 15.9. The molecule has 1 aliphatic heterocycles. The molecule has 0 aromatic heterocycles. The van der Waals surface area contributed by atoms with Crippen LogP contribution in [-0.4, -0.2) is 14.5 Å². The summed E-state index contributed by atoms with van der Waals surface area (Å²) >= 11 is 0. The molecule has 21 heavy (non-hydrogen) atoms. The third-order valence-corrected chi connectivity index (χ3v) is 8.66. The molecule has 3 nitrogen and oxygen atoms in total. The summed E-state index contributed by atoms with van der Waals surface area (Å²) in [6, 6.07) is 8.20. The number of rotatable bonds is 3. The second-order valence-corrected chi connectivity index (χ2v) is 11.7. The first-order valence-electron chi connectivity index (χ1n) is 7.39. The average Bonchev–Trinajstić information content (AvgIpc) is 2.39. The molecule has 0 fully saturated rings. The number of allylic oxidation sites excluding steroid dienone is 2. The van der Waals surface area contributed by atoms with Gasteiger partial charge in [-0.05, 0) is 54.5 Å². The van der Waals surface area contributed by atoms with Crippen LogP contribution in [0.25, 0.3) is 0 Å². The fourth-order valence-electron chi connectivity index (χ4n) is 1.90. The quantitative estimate of drug-likeness (QED) is 0.849. The minimum Gasteiger partial charge on any atom is -0.544 e. The van der Waals surface area contributed by atoms with E-state index in [0.29, 0.717) is 0 Å². The lowest BCUT2D eigenvalue weighted by Crippen LogP contribution is -2.43. The van der Waals surface area contributed by atoms with Crippen LogP contribution in [0.4, 0.5) is 5.69 Å². The lowest BCUT2D eigenvalue weighted by Gasteiger charge is -2.36. The molecule has 1 aliphatic rings. The van der Waals surface area contributed by atoms with Crippen molar-refractivity contribution in [1.82, 2.24) is 0 Å². The molecule has 0 saturated carbocycles.